The van der Waals surface area contributed by atoms with Gasteiger partial charge in [-0.2, -0.15) is 0 Å². The molecule has 1 fully saturated rings. The molecule has 74 valence electrons. The summed E-state index contributed by atoms with van der Waals surface area (Å²) in [6, 6.07) is 7.04. The molecule has 0 radical (unpaired) electrons. The molecule has 1 aliphatic carbocycles. The minimum atomic E-state index is -0.787. The van der Waals surface area contributed by atoms with E-state index in [0.717, 1.165) is 12.8 Å². The molecule has 3 nitrogen and oxygen atoms in total. The van der Waals surface area contributed by atoms with Crippen molar-refractivity contribution in [2.45, 2.75) is 18.4 Å². The second kappa shape index (κ2) is 3.10. The third-order valence-electron chi connectivity index (χ3n) is 2.56. The van der Waals surface area contributed by atoms with Crippen molar-refractivity contribution < 1.29 is 14.6 Å². The number of carbonyl (C=O) groups is 1. The molecule has 0 amide bonds. The zero-order chi connectivity index (χ0) is 10.2. The van der Waals surface area contributed by atoms with Crippen molar-refractivity contribution >= 4 is 5.97 Å². The number of esters is 1. The van der Waals surface area contributed by atoms with Crippen LogP contribution in [0, 0.1) is 0 Å². The van der Waals surface area contributed by atoms with Gasteiger partial charge in [0.1, 0.15) is 0 Å². The van der Waals surface area contributed by atoms with Crippen molar-refractivity contribution in [2.24, 2.45) is 0 Å². The fraction of sp³-hybridized carbons (Fsp3) is 0.364. The summed E-state index contributed by atoms with van der Waals surface area (Å²) in [6.07, 6.45) is 1.45. The average molecular weight is 192 g/mol. The van der Waals surface area contributed by atoms with E-state index in [-0.39, 0.29) is 5.97 Å². The van der Waals surface area contributed by atoms with Gasteiger partial charge in [0.2, 0.25) is 0 Å². The molecule has 0 aromatic heterocycles. The predicted molar refractivity (Wildman–Crippen MR) is 50.9 cm³/mol. The van der Waals surface area contributed by atoms with Crippen LogP contribution < -0.4 is 0 Å². The first-order valence-corrected chi connectivity index (χ1v) is 4.57. The average Bonchev–Trinajstić information content (AvgIpc) is 2.97. The van der Waals surface area contributed by atoms with Crippen LogP contribution >= 0.6 is 0 Å². The molecule has 0 bridgehead atoms. The highest BCUT2D eigenvalue weighted by atomic mass is 16.5. The van der Waals surface area contributed by atoms with Gasteiger partial charge in [-0.15, -0.1) is 0 Å². The summed E-state index contributed by atoms with van der Waals surface area (Å²) in [5.74, 6) is -0.388. The minimum Gasteiger partial charge on any atom is -0.465 e. The van der Waals surface area contributed by atoms with Gasteiger partial charge in [-0.1, -0.05) is 18.2 Å². The Bertz CT molecular complexity index is 367. The fourth-order valence-electron chi connectivity index (χ4n) is 1.56. The molecular weight excluding hydrogens is 180 g/mol. The summed E-state index contributed by atoms with van der Waals surface area (Å²) in [5.41, 5.74) is 0.368. The SMILES string of the molecule is COC(=O)c1ccccc1C1(O)CC1. The van der Waals surface area contributed by atoms with Crippen molar-refractivity contribution in [1.29, 1.82) is 0 Å². The van der Waals surface area contributed by atoms with Crippen LogP contribution in [-0.4, -0.2) is 18.2 Å². The third-order valence-corrected chi connectivity index (χ3v) is 2.56. The number of methoxy groups -OCH3 is 1. The summed E-state index contributed by atoms with van der Waals surface area (Å²) in [5, 5.41) is 9.92. The highest BCUT2D eigenvalue weighted by Crippen LogP contribution is 2.46. The molecule has 0 saturated heterocycles. The number of rotatable bonds is 2. The van der Waals surface area contributed by atoms with Crippen molar-refractivity contribution in [3.8, 4) is 0 Å². The van der Waals surface area contributed by atoms with Crippen LogP contribution in [0.25, 0.3) is 0 Å². The zero-order valence-electron chi connectivity index (χ0n) is 7.99. The lowest BCUT2D eigenvalue weighted by Gasteiger charge is -2.12. The Labute approximate surface area is 82.3 Å². The minimum absolute atomic E-state index is 0.388. The van der Waals surface area contributed by atoms with E-state index in [2.05, 4.69) is 4.74 Å². The highest BCUT2D eigenvalue weighted by Gasteiger charge is 2.44. The summed E-state index contributed by atoms with van der Waals surface area (Å²) in [6.45, 7) is 0. The van der Waals surface area contributed by atoms with Gasteiger partial charge in [-0.25, -0.2) is 4.79 Å². The van der Waals surface area contributed by atoms with E-state index < -0.39 is 5.60 Å². The summed E-state index contributed by atoms with van der Waals surface area (Å²) in [4.78, 5) is 11.4. The van der Waals surface area contributed by atoms with Gasteiger partial charge in [0.25, 0.3) is 0 Å². The van der Waals surface area contributed by atoms with Crippen LogP contribution in [0.4, 0.5) is 0 Å². The maximum atomic E-state index is 11.4. The van der Waals surface area contributed by atoms with E-state index in [1.165, 1.54) is 7.11 Å². The van der Waals surface area contributed by atoms with E-state index in [0.29, 0.717) is 11.1 Å². The first-order chi connectivity index (χ1) is 6.67. The Morgan fingerprint density at radius 1 is 1.43 bits per heavy atom. The lowest BCUT2D eigenvalue weighted by Crippen LogP contribution is -2.13. The fourth-order valence-corrected chi connectivity index (χ4v) is 1.56. The van der Waals surface area contributed by atoms with Crippen LogP contribution in [0.15, 0.2) is 24.3 Å². The van der Waals surface area contributed by atoms with Crippen molar-refractivity contribution in [3.63, 3.8) is 0 Å². The predicted octanol–water partition coefficient (Wildman–Crippen LogP) is 1.45. The molecule has 0 heterocycles. The maximum absolute atomic E-state index is 11.4. The smallest absolute Gasteiger partial charge is 0.338 e. The number of hydrogen-bond donors (Lipinski definition) is 1. The second-order valence-electron chi connectivity index (χ2n) is 3.57. The Kier molecular flexibility index (Phi) is 2.04. The molecule has 1 aromatic carbocycles. The van der Waals surface area contributed by atoms with Crippen LogP contribution in [0.3, 0.4) is 0 Å². The largest absolute Gasteiger partial charge is 0.465 e. The van der Waals surface area contributed by atoms with E-state index >= 15 is 0 Å². The van der Waals surface area contributed by atoms with Crippen molar-refractivity contribution in [1.82, 2.24) is 0 Å². The highest BCUT2D eigenvalue weighted by molar-refractivity contribution is 5.91. The Balaban J connectivity index is 2.44. The van der Waals surface area contributed by atoms with Crippen molar-refractivity contribution in [3.05, 3.63) is 35.4 Å². The molecule has 0 aliphatic heterocycles. The molecule has 1 aromatic rings. The lowest BCUT2D eigenvalue weighted by atomic mass is 10.0. The summed E-state index contributed by atoms with van der Waals surface area (Å²) < 4.78 is 4.65. The topological polar surface area (TPSA) is 46.5 Å². The van der Waals surface area contributed by atoms with E-state index in [9.17, 15) is 9.90 Å². The number of hydrogen-bond acceptors (Lipinski definition) is 3. The molecule has 3 heteroatoms. The molecule has 0 unspecified atom stereocenters. The Morgan fingerprint density at radius 2 is 2.07 bits per heavy atom. The van der Waals surface area contributed by atoms with E-state index in [1.807, 2.05) is 6.07 Å². The standard InChI is InChI=1S/C11H12O3/c1-14-10(12)8-4-2-3-5-9(8)11(13)6-7-11/h2-5,13H,6-7H2,1H3. The second-order valence-corrected chi connectivity index (χ2v) is 3.57. The van der Waals surface area contributed by atoms with Gasteiger partial charge in [-0.3, -0.25) is 0 Å². The summed E-state index contributed by atoms with van der Waals surface area (Å²) in [7, 11) is 1.34. The van der Waals surface area contributed by atoms with Crippen LogP contribution in [-0.2, 0) is 10.3 Å². The van der Waals surface area contributed by atoms with Gasteiger partial charge in [-0.05, 0) is 24.5 Å². The van der Waals surface area contributed by atoms with Gasteiger partial charge < -0.3 is 9.84 Å². The molecule has 14 heavy (non-hydrogen) atoms. The molecular formula is C11H12O3. The van der Waals surface area contributed by atoms with Crippen LogP contribution in [0.2, 0.25) is 0 Å². The lowest BCUT2D eigenvalue weighted by molar-refractivity contribution is 0.0590. The zero-order valence-corrected chi connectivity index (χ0v) is 7.99. The first-order valence-electron chi connectivity index (χ1n) is 4.57. The normalized spacial score (nSPS) is 17.6. The summed E-state index contributed by atoms with van der Waals surface area (Å²) >= 11 is 0. The third kappa shape index (κ3) is 1.40. The number of carbonyl (C=O) groups excluding carboxylic acids is 1. The van der Waals surface area contributed by atoms with Gasteiger partial charge in [0.05, 0.1) is 18.3 Å². The molecule has 0 atom stereocenters. The molecule has 2 rings (SSSR count). The number of ether oxygens (including phenoxy) is 1. The van der Waals surface area contributed by atoms with E-state index in [4.69, 9.17) is 0 Å². The van der Waals surface area contributed by atoms with Crippen LogP contribution in [0.5, 0.6) is 0 Å². The van der Waals surface area contributed by atoms with Gasteiger partial charge in [0.15, 0.2) is 0 Å². The molecule has 1 saturated carbocycles. The Morgan fingerprint density at radius 3 is 2.64 bits per heavy atom. The van der Waals surface area contributed by atoms with E-state index in [1.54, 1.807) is 18.2 Å². The number of benzene rings is 1. The maximum Gasteiger partial charge on any atom is 0.338 e. The number of aliphatic hydroxyl groups is 1. The molecule has 1 N–H and O–H groups in total. The van der Waals surface area contributed by atoms with Crippen molar-refractivity contribution in [2.75, 3.05) is 7.11 Å². The van der Waals surface area contributed by atoms with Gasteiger partial charge in [0, 0.05) is 0 Å². The quantitative estimate of drug-likeness (QED) is 0.721. The molecule has 0 spiro atoms. The monoisotopic (exact) mass is 192 g/mol. The first kappa shape index (κ1) is 9.21. The Hall–Kier alpha value is -1.35. The molecule has 1 aliphatic rings. The van der Waals surface area contributed by atoms with Crippen LogP contribution in [0.1, 0.15) is 28.8 Å². The van der Waals surface area contributed by atoms with Gasteiger partial charge >= 0.3 is 5.97 Å².